The number of aromatic amines is 1. The van der Waals surface area contributed by atoms with Crippen molar-refractivity contribution < 1.29 is 4.74 Å². The van der Waals surface area contributed by atoms with Crippen LogP contribution in [0.25, 0.3) is 0 Å². The topological polar surface area (TPSA) is 102 Å². The molecule has 23 heavy (non-hydrogen) atoms. The van der Waals surface area contributed by atoms with Gasteiger partial charge in [-0.2, -0.15) is 10.1 Å². The van der Waals surface area contributed by atoms with Gasteiger partial charge in [0.15, 0.2) is 5.82 Å². The number of rotatable bonds is 6. The average Bonchev–Trinajstić information content (AvgIpc) is 3.00. The van der Waals surface area contributed by atoms with Crippen molar-refractivity contribution in [2.45, 2.75) is 12.8 Å². The van der Waals surface area contributed by atoms with E-state index in [0.29, 0.717) is 11.6 Å². The molecule has 2 heterocycles. The molecule has 0 saturated heterocycles. The Balaban J connectivity index is 1.60. The molecule has 4 N–H and O–H groups in total. The minimum Gasteiger partial charge on any atom is -0.497 e. The first-order chi connectivity index (χ1) is 11.2. The average molecular weight is 310 g/mol. The molecule has 2 aromatic heterocycles. The highest BCUT2D eigenvalue weighted by molar-refractivity contribution is 5.52. The van der Waals surface area contributed by atoms with Gasteiger partial charge in [-0.1, -0.05) is 12.1 Å². The van der Waals surface area contributed by atoms with Gasteiger partial charge in [0.1, 0.15) is 11.6 Å². The van der Waals surface area contributed by atoms with Crippen LogP contribution in [0, 0.1) is 0 Å². The summed E-state index contributed by atoms with van der Waals surface area (Å²) in [4.78, 5) is 7.93. The van der Waals surface area contributed by atoms with Crippen LogP contribution >= 0.6 is 0 Å². The number of anilines is 3. The zero-order valence-electron chi connectivity index (χ0n) is 12.8. The second-order valence-corrected chi connectivity index (χ2v) is 5.06. The number of nitrogens with two attached hydrogens (primary N) is 1. The quantitative estimate of drug-likeness (QED) is 0.646. The first-order valence-electron chi connectivity index (χ1n) is 7.26. The molecular weight excluding hydrogens is 292 g/mol. The van der Waals surface area contributed by atoms with Crippen LogP contribution in [-0.2, 0) is 12.8 Å². The van der Waals surface area contributed by atoms with Gasteiger partial charge >= 0.3 is 0 Å². The number of aryl methyl sites for hydroxylation is 2. The van der Waals surface area contributed by atoms with Crippen LogP contribution in [0.4, 0.5) is 17.6 Å². The maximum Gasteiger partial charge on any atom is 0.221 e. The largest absolute Gasteiger partial charge is 0.497 e. The Labute approximate surface area is 133 Å². The molecule has 0 radical (unpaired) electrons. The van der Waals surface area contributed by atoms with Crippen molar-refractivity contribution in [3.05, 3.63) is 53.9 Å². The van der Waals surface area contributed by atoms with Crippen molar-refractivity contribution in [2.75, 3.05) is 18.2 Å². The fourth-order valence-corrected chi connectivity index (χ4v) is 2.24. The molecule has 118 valence electrons. The molecular formula is C16H18N6O. The summed E-state index contributed by atoms with van der Waals surface area (Å²) in [5.74, 6) is 2.41. The van der Waals surface area contributed by atoms with E-state index in [2.05, 4.69) is 31.5 Å². The molecule has 0 atom stereocenters. The molecule has 0 unspecified atom stereocenters. The lowest BCUT2D eigenvalue weighted by atomic mass is 10.1. The normalized spacial score (nSPS) is 10.5. The molecule has 7 heteroatoms. The lowest BCUT2D eigenvalue weighted by Crippen LogP contribution is -1.99. The van der Waals surface area contributed by atoms with E-state index in [-0.39, 0.29) is 5.95 Å². The third-order valence-corrected chi connectivity index (χ3v) is 3.38. The second-order valence-electron chi connectivity index (χ2n) is 5.06. The van der Waals surface area contributed by atoms with Crippen LogP contribution in [0.1, 0.15) is 11.3 Å². The zero-order valence-corrected chi connectivity index (χ0v) is 12.8. The van der Waals surface area contributed by atoms with Gasteiger partial charge in [0.25, 0.3) is 0 Å². The maximum atomic E-state index is 5.55. The predicted octanol–water partition coefficient (Wildman–Crippen LogP) is 2.32. The number of aromatic nitrogens is 4. The minimum atomic E-state index is 0.226. The molecule has 0 aliphatic carbocycles. The van der Waals surface area contributed by atoms with Gasteiger partial charge in [-0.15, -0.1) is 0 Å². The number of nitrogens with zero attached hydrogens (tertiary/aromatic N) is 3. The highest BCUT2D eigenvalue weighted by atomic mass is 16.5. The molecule has 3 aromatic rings. The third kappa shape index (κ3) is 3.97. The fraction of sp³-hybridized carbons (Fsp3) is 0.188. The molecule has 0 aliphatic rings. The number of hydrogen-bond donors (Lipinski definition) is 3. The molecule has 0 bridgehead atoms. The van der Waals surface area contributed by atoms with Crippen LogP contribution in [0.5, 0.6) is 5.75 Å². The van der Waals surface area contributed by atoms with Crippen LogP contribution in [0.3, 0.4) is 0 Å². The second kappa shape index (κ2) is 6.78. The van der Waals surface area contributed by atoms with Crippen LogP contribution < -0.4 is 15.8 Å². The Morgan fingerprint density at radius 1 is 1.17 bits per heavy atom. The SMILES string of the molecule is COc1cccc(CCc2cc(Nc3ccnc(N)n3)n[nH]2)c1. The Hall–Kier alpha value is -3.09. The number of benzene rings is 1. The van der Waals surface area contributed by atoms with E-state index in [1.807, 2.05) is 24.3 Å². The first-order valence-corrected chi connectivity index (χ1v) is 7.26. The van der Waals surface area contributed by atoms with E-state index in [1.165, 1.54) is 5.56 Å². The predicted molar refractivity (Wildman–Crippen MR) is 88.7 cm³/mol. The Morgan fingerprint density at radius 2 is 2.09 bits per heavy atom. The summed E-state index contributed by atoms with van der Waals surface area (Å²) < 4.78 is 5.23. The van der Waals surface area contributed by atoms with Gasteiger partial charge in [0.05, 0.1) is 7.11 Å². The van der Waals surface area contributed by atoms with Crippen molar-refractivity contribution in [3.8, 4) is 5.75 Å². The van der Waals surface area contributed by atoms with Gasteiger partial charge in [0.2, 0.25) is 5.95 Å². The van der Waals surface area contributed by atoms with E-state index in [0.717, 1.165) is 24.3 Å². The van der Waals surface area contributed by atoms with Gasteiger partial charge < -0.3 is 15.8 Å². The fourth-order valence-electron chi connectivity index (χ4n) is 2.24. The van der Waals surface area contributed by atoms with Gasteiger partial charge in [-0.05, 0) is 36.6 Å². The number of nitrogens with one attached hydrogen (secondary N) is 2. The summed E-state index contributed by atoms with van der Waals surface area (Å²) >= 11 is 0. The Kier molecular flexibility index (Phi) is 4.37. The molecule has 0 aliphatic heterocycles. The van der Waals surface area contributed by atoms with Crippen molar-refractivity contribution in [1.82, 2.24) is 20.2 Å². The van der Waals surface area contributed by atoms with E-state index < -0.39 is 0 Å². The summed E-state index contributed by atoms with van der Waals surface area (Å²) in [6, 6.07) is 11.8. The van der Waals surface area contributed by atoms with Crippen molar-refractivity contribution in [1.29, 1.82) is 0 Å². The lowest BCUT2D eigenvalue weighted by molar-refractivity contribution is 0.414. The molecule has 3 rings (SSSR count). The van der Waals surface area contributed by atoms with Crippen molar-refractivity contribution in [3.63, 3.8) is 0 Å². The number of nitrogen functional groups attached to an aromatic ring is 1. The molecule has 0 saturated carbocycles. The molecule has 7 nitrogen and oxygen atoms in total. The molecule has 0 spiro atoms. The number of hydrogen-bond acceptors (Lipinski definition) is 6. The van der Waals surface area contributed by atoms with Gasteiger partial charge in [0, 0.05) is 18.0 Å². The van der Waals surface area contributed by atoms with E-state index in [1.54, 1.807) is 19.4 Å². The third-order valence-electron chi connectivity index (χ3n) is 3.38. The van der Waals surface area contributed by atoms with E-state index in [4.69, 9.17) is 10.5 Å². The van der Waals surface area contributed by atoms with E-state index in [9.17, 15) is 0 Å². The highest BCUT2D eigenvalue weighted by Crippen LogP contribution is 2.16. The summed E-state index contributed by atoms with van der Waals surface area (Å²) in [7, 11) is 1.67. The number of methoxy groups -OCH3 is 1. The summed E-state index contributed by atoms with van der Waals surface area (Å²) in [5, 5.41) is 10.3. The van der Waals surface area contributed by atoms with Crippen LogP contribution in [0.15, 0.2) is 42.6 Å². The minimum absolute atomic E-state index is 0.226. The van der Waals surface area contributed by atoms with Gasteiger partial charge in [-0.25, -0.2) is 4.98 Å². The summed E-state index contributed by atoms with van der Waals surface area (Å²) in [6.45, 7) is 0. The van der Waals surface area contributed by atoms with E-state index >= 15 is 0 Å². The summed E-state index contributed by atoms with van der Waals surface area (Å²) in [6.07, 6.45) is 3.36. The number of ether oxygens (including phenoxy) is 1. The highest BCUT2D eigenvalue weighted by Gasteiger charge is 2.04. The zero-order chi connectivity index (χ0) is 16.1. The smallest absolute Gasteiger partial charge is 0.221 e. The van der Waals surface area contributed by atoms with Crippen molar-refractivity contribution in [2.24, 2.45) is 0 Å². The maximum absolute atomic E-state index is 5.55. The van der Waals surface area contributed by atoms with Crippen LogP contribution in [-0.4, -0.2) is 27.3 Å². The van der Waals surface area contributed by atoms with Gasteiger partial charge in [-0.3, -0.25) is 5.10 Å². The van der Waals surface area contributed by atoms with Crippen molar-refractivity contribution >= 4 is 17.6 Å². The Morgan fingerprint density at radius 3 is 2.91 bits per heavy atom. The molecule has 0 amide bonds. The summed E-state index contributed by atoms with van der Waals surface area (Å²) in [5.41, 5.74) is 7.81. The lowest BCUT2D eigenvalue weighted by Gasteiger charge is -2.03. The number of H-pyrrole nitrogens is 1. The molecule has 0 fully saturated rings. The monoisotopic (exact) mass is 310 g/mol. The first kappa shape index (κ1) is 14.8. The standard InChI is InChI=1S/C16H18N6O/c1-23-13-4-2-3-11(9-13)5-6-12-10-15(22-21-12)19-14-7-8-18-16(17)20-14/h2-4,7-10H,5-6H2,1H3,(H4,17,18,19,20,21,22). The Bertz CT molecular complexity index is 786. The van der Waals surface area contributed by atoms with Crippen LogP contribution in [0.2, 0.25) is 0 Å². The molecule has 1 aromatic carbocycles.